The quantitative estimate of drug-likeness (QED) is 0.932. The van der Waals surface area contributed by atoms with Gasteiger partial charge in [0.15, 0.2) is 5.79 Å². The molecule has 4 nitrogen and oxygen atoms in total. The van der Waals surface area contributed by atoms with Crippen molar-refractivity contribution in [1.29, 1.82) is 0 Å². The van der Waals surface area contributed by atoms with Crippen molar-refractivity contribution in [3.05, 3.63) is 48.8 Å². The number of rotatable bonds is 3. The normalized spacial score (nSPS) is 18.9. The van der Waals surface area contributed by atoms with E-state index in [1.807, 2.05) is 44.4 Å². The fraction of sp³-hybridized carbons (Fsp3) is 0.375. The molecule has 1 fully saturated rings. The van der Waals surface area contributed by atoms with Crippen molar-refractivity contribution < 1.29 is 9.47 Å². The van der Waals surface area contributed by atoms with Gasteiger partial charge in [-0.3, -0.25) is 0 Å². The summed E-state index contributed by atoms with van der Waals surface area (Å²) in [5, 5.41) is 3.46. The van der Waals surface area contributed by atoms with Crippen LogP contribution < -0.4 is 5.32 Å². The fourth-order valence-corrected chi connectivity index (χ4v) is 2.27. The molecule has 1 aromatic carbocycles. The van der Waals surface area contributed by atoms with Crippen LogP contribution in [0.4, 0.5) is 5.69 Å². The zero-order chi connectivity index (χ0) is 14.0. The van der Waals surface area contributed by atoms with Crippen LogP contribution in [0.2, 0.25) is 0 Å². The molecule has 0 spiro atoms. The summed E-state index contributed by atoms with van der Waals surface area (Å²) in [6.07, 6.45) is 4.07. The summed E-state index contributed by atoms with van der Waals surface area (Å²) in [5.41, 5.74) is 2.21. The number of aromatic nitrogens is 1. The molecule has 1 N–H and O–H groups in total. The summed E-state index contributed by atoms with van der Waals surface area (Å²) in [6.45, 7) is 5.19. The first-order valence-electron chi connectivity index (χ1n) is 6.90. The minimum atomic E-state index is -0.467. The summed E-state index contributed by atoms with van der Waals surface area (Å²) >= 11 is 0. The number of anilines is 1. The molecule has 2 heterocycles. The molecule has 1 aromatic heterocycles. The number of ether oxygens (including phenoxy) is 2. The maximum atomic E-state index is 5.66. The second-order valence-electron chi connectivity index (χ2n) is 5.50. The van der Waals surface area contributed by atoms with Gasteiger partial charge in [-0.1, -0.05) is 6.07 Å². The summed E-state index contributed by atoms with van der Waals surface area (Å²) in [5.74, 6) is -0.467. The van der Waals surface area contributed by atoms with Crippen LogP contribution in [0.3, 0.4) is 0 Å². The molecule has 20 heavy (non-hydrogen) atoms. The van der Waals surface area contributed by atoms with Crippen molar-refractivity contribution in [2.75, 3.05) is 18.5 Å². The van der Waals surface area contributed by atoms with Gasteiger partial charge >= 0.3 is 0 Å². The highest BCUT2D eigenvalue weighted by Gasteiger charge is 2.28. The molecule has 0 unspecified atom stereocenters. The van der Waals surface area contributed by atoms with Gasteiger partial charge in [-0.15, -0.1) is 0 Å². The standard InChI is InChI=1S/C16H20N2O2/c1-16(2)19-11-14(12-20-16)17-13-6-5-7-15(10-13)18-8-3-4-9-18/h3-10,14,17H,11-12H2,1-2H3. The fourth-order valence-electron chi connectivity index (χ4n) is 2.27. The summed E-state index contributed by atoms with van der Waals surface area (Å²) in [6, 6.07) is 12.5. The molecule has 4 heteroatoms. The van der Waals surface area contributed by atoms with E-state index in [9.17, 15) is 0 Å². The average Bonchev–Trinajstić information content (AvgIpc) is 2.96. The molecule has 1 aliphatic heterocycles. The Morgan fingerprint density at radius 3 is 2.50 bits per heavy atom. The molecule has 2 aromatic rings. The van der Waals surface area contributed by atoms with E-state index < -0.39 is 5.79 Å². The number of nitrogens with one attached hydrogen (secondary N) is 1. The molecular weight excluding hydrogens is 252 g/mol. The monoisotopic (exact) mass is 272 g/mol. The first-order chi connectivity index (χ1) is 9.62. The number of hydrogen-bond donors (Lipinski definition) is 1. The van der Waals surface area contributed by atoms with E-state index in [2.05, 4.69) is 28.1 Å². The Bertz CT molecular complexity index is 554. The van der Waals surface area contributed by atoms with Gasteiger partial charge < -0.3 is 19.4 Å². The molecule has 0 aliphatic carbocycles. The lowest BCUT2D eigenvalue weighted by Gasteiger charge is -2.35. The Hall–Kier alpha value is -1.78. The first-order valence-corrected chi connectivity index (χ1v) is 6.90. The van der Waals surface area contributed by atoms with E-state index in [-0.39, 0.29) is 6.04 Å². The number of hydrogen-bond acceptors (Lipinski definition) is 3. The summed E-state index contributed by atoms with van der Waals surface area (Å²) < 4.78 is 13.4. The van der Waals surface area contributed by atoms with Gasteiger partial charge in [0.05, 0.1) is 19.3 Å². The Kier molecular flexibility index (Phi) is 3.51. The van der Waals surface area contributed by atoms with Gasteiger partial charge in [-0.25, -0.2) is 0 Å². The Morgan fingerprint density at radius 1 is 1.10 bits per heavy atom. The van der Waals surface area contributed by atoms with E-state index in [4.69, 9.17) is 9.47 Å². The lowest BCUT2D eigenvalue weighted by Crippen LogP contribution is -2.45. The zero-order valence-corrected chi connectivity index (χ0v) is 11.9. The predicted octanol–water partition coefficient (Wildman–Crippen LogP) is 3.04. The SMILES string of the molecule is CC1(C)OCC(Nc2cccc(-n3cccc3)c2)CO1. The van der Waals surface area contributed by atoms with E-state index in [0.717, 1.165) is 11.4 Å². The van der Waals surface area contributed by atoms with Crippen molar-refractivity contribution in [2.24, 2.45) is 0 Å². The van der Waals surface area contributed by atoms with E-state index in [1.165, 1.54) is 0 Å². The molecule has 0 bridgehead atoms. The second kappa shape index (κ2) is 5.31. The third-order valence-electron chi connectivity index (χ3n) is 3.38. The first kappa shape index (κ1) is 13.2. The van der Waals surface area contributed by atoms with Crippen LogP contribution in [0.5, 0.6) is 0 Å². The predicted molar refractivity (Wildman–Crippen MR) is 79.2 cm³/mol. The topological polar surface area (TPSA) is 35.4 Å². The van der Waals surface area contributed by atoms with Crippen LogP contribution >= 0.6 is 0 Å². The minimum Gasteiger partial charge on any atom is -0.378 e. The van der Waals surface area contributed by atoms with Crippen LogP contribution in [0, 0.1) is 0 Å². The highest BCUT2D eigenvalue weighted by atomic mass is 16.7. The highest BCUT2D eigenvalue weighted by molar-refractivity contribution is 5.52. The van der Waals surface area contributed by atoms with Crippen LogP contribution in [-0.2, 0) is 9.47 Å². The van der Waals surface area contributed by atoms with Crippen LogP contribution in [0.25, 0.3) is 5.69 Å². The van der Waals surface area contributed by atoms with Gasteiger partial charge in [0.1, 0.15) is 0 Å². The lowest BCUT2D eigenvalue weighted by molar-refractivity contribution is -0.247. The smallest absolute Gasteiger partial charge is 0.162 e. The van der Waals surface area contributed by atoms with Crippen LogP contribution in [0.1, 0.15) is 13.8 Å². The van der Waals surface area contributed by atoms with Gasteiger partial charge in [0.25, 0.3) is 0 Å². The third kappa shape index (κ3) is 3.03. The molecule has 1 aliphatic rings. The maximum Gasteiger partial charge on any atom is 0.162 e. The largest absolute Gasteiger partial charge is 0.378 e. The molecule has 106 valence electrons. The van der Waals surface area contributed by atoms with E-state index in [1.54, 1.807) is 0 Å². The van der Waals surface area contributed by atoms with Crippen LogP contribution in [-0.4, -0.2) is 29.6 Å². The Morgan fingerprint density at radius 2 is 1.80 bits per heavy atom. The molecule has 3 rings (SSSR count). The average molecular weight is 272 g/mol. The molecular formula is C16H20N2O2. The molecule has 0 amide bonds. The van der Waals surface area contributed by atoms with Crippen molar-refractivity contribution in [2.45, 2.75) is 25.7 Å². The van der Waals surface area contributed by atoms with Gasteiger partial charge in [0.2, 0.25) is 0 Å². The molecule has 0 saturated carbocycles. The number of nitrogens with zero attached hydrogens (tertiary/aromatic N) is 1. The second-order valence-corrected chi connectivity index (χ2v) is 5.50. The van der Waals surface area contributed by atoms with Crippen molar-refractivity contribution in [3.63, 3.8) is 0 Å². The van der Waals surface area contributed by atoms with Gasteiger partial charge in [-0.2, -0.15) is 0 Å². The number of benzene rings is 1. The summed E-state index contributed by atoms with van der Waals surface area (Å²) in [4.78, 5) is 0. The Balaban J connectivity index is 1.68. The minimum absolute atomic E-state index is 0.183. The Labute approximate surface area is 119 Å². The molecule has 1 saturated heterocycles. The highest BCUT2D eigenvalue weighted by Crippen LogP contribution is 2.21. The lowest BCUT2D eigenvalue weighted by atomic mass is 10.2. The van der Waals surface area contributed by atoms with Crippen molar-refractivity contribution in [1.82, 2.24) is 4.57 Å². The molecule has 0 atom stereocenters. The summed E-state index contributed by atoms with van der Waals surface area (Å²) in [7, 11) is 0. The molecule has 0 radical (unpaired) electrons. The van der Waals surface area contributed by atoms with E-state index in [0.29, 0.717) is 13.2 Å². The third-order valence-corrected chi connectivity index (χ3v) is 3.38. The maximum absolute atomic E-state index is 5.66. The van der Waals surface area contributed by atoms with Crippen molar-refractivity contribution in [3.8, 4) is 5.69 Å². The van der Waals surface area contributed by atoms with E-state index >= 15 is 0 Å². The van der Waals surface area contributed by atoms with Gasteiger partial charge in [0, 0.05) is 23.8 Å². The van der Waals surface area contributed by atoms with Crippen molar-refractivity contribution >= 4 is 5.69 Å². The van der Waals surface area contributed by atoms with Gasteiger partial charge in [-0.05, 0) is 44.2 Å². The zero-order valence-electron chi connectivity index (χ0n) is 11.9. The van der Waals surface area contributed by atoms with Crippen LogP contribution in [0.15, 0.2) is 48.8 Å².